The lowest BCUT2D eigenvalue weighted by Crippen LogP contribution is -2.68. The highest BCUT2D eigenvalue weighted by atomic mass is 31.2. The van der Waals surface area contributed by atoms with E-state index in [2.05, 4.69) is 6.58 Å². The first-order valence-corrected chi connectivity index (χ1v) is 12.1. The van der Waals surface area contributed by atoms with E-state index < -0.39 is 37.9 Å². The number of likely N-dealkylation sites (tertiary alicyclic amines) is 1. The molecule has 3 aliphatic heterocycles. The van der Waals surface area contributed by atoms with Crippen molar-refractivity contribution < 1.29 is 38.0 Å². The van der Waals surface area contributed by atoms with Crippen molar-refractivity contribution in [3.05, 3.63) is 47.3 Å². The average molecular weight is 455 g/mol. The molecule has 9 nitrogen and oxygen atoms in total. The van der Waals surface area contributed by atoms with E-state index in [0.29, 0.717) is 6.61 Å². The maximum absolute atomic E-state index is 13.1. The van der Waals surface area contributed by atoms with Crippen molar-refractivity contribution in [2.45, 2.75) is 50.8 Å². The van der Waals surface area contributed by atoms with Gasteiger partial charge in [0.1, 0.15) is 12.2 Å². The summed E-state index contributed by atoms with van der Waals surface area (Å²) in [6, 6.07) is 7.18. The number of ether oxygens (including phenoxy) is 3. The quantitative estimate of drug-likeness (QED) is 0.597. The summed E-state index contributed by atoms with van der Waals surface area (Å²) in [5.41, 5.74) is 1.71. The number of hydrogen-bond acceptors (Lipinski definition) is 9. The summed E-state index contributed by atoms with van der Waals surface area (Å²) in [4.78, 5) is 1.84. The van der Waals surface area contributed by atoms with Crippen LogP contribution < -0.4 is 0 Å². The number of aliphatic hydroxyl groups is 2. The van der Waals surface area contributed by atoms with Crippen molar-refractivity contribution >= 4 is 7.60 Å². The van der Waals surface area contributed by atoms with Crippen molar-refractivity contribution in [3.63, 3.8) is 0 Å². The number of hydrogen-bond donors (Lipinski definition) is 2. The second-order valence-electron chi connectivity index (χ2n) is 7.85. The number of benzene rings is 1. The molecule has 3 heterocycles. The summed E-state index contributed by atoms with van der Waals surface area (Å²) in [5.74, 6) is -1.41. The molecule has 31 heavy (non-hydrogen) atoms. The van der Waals surface area contributed by atoms with E-state index in [9.17, 15) is 14.8 Å². The number of rotatable bonds is 7. The molecule has 1 aromatic carbocycles. The molecule has 5 atom stereocenters. The SMILES string of the molecule is C=C(CN1C[C@H](O)[C@@H](O)[C@@H]2O[C@@]3(OCc4ccccc43)OC[C@H]21)P(=O)(OCC)OCC. The van der Waals surface area contributed by atoms with Crippen LogP contribution in [0.5, 0.6) is 0 Å². The minimum absolute atomic E-state index is 0.136. The normalized spacial score (nSPS) is 33.3. The average Bonchev–Trinajstić information content (AvgIpc) is 3.10. The Kier molecular flexibility index (Phi) is 6.70. The van der Waals surface area contributed by atoms with Gasteiger partial charge in [0.05, 0.1) is 38.6 Å². The van der Waals surface area contributed by atoms with Crippen LogP contribution >= 0.6 is 7.60 Å². The number of β-amino-alcohol motifs (C(OH)–C–C–N with tert-alkyl or cyclic N) is 1. The molecule has 0 saturated carbocycles. The maximum Gasteiger partial charge on any atom is 0.358 e. The molecule has 0 unspecified atom stereocenters. The predicted octanol–water partition coefficient (Wildman–Crippen LogP) is 1.93. The van der Waals surface area contributed by atoms with Gasteiger partial charge >= 0.3 is 13.6 Å². The van der Waals surface area contributed by atoms with E-state index in [-0.39, 0.29) is 38.2 Å². The number of fused-ring (bicyclic) bond motifs is 3. The van der Waals surface area contributed by atoms with Crippen molar-refractivity contribution in [1.29, 1.82) is 0 Å². The summed E-state index contributed by atoms with van der Waals surface area (Å²) >= 11 is 0. The highest BCUT2D eigenvalue weighted by Gasteiger charge is 2.56. The van der Waals surface area contributed by atoms with E-state index in [4.69, 9.17) is 23.3 Å². The molecular formula is C21H30NO8P. The molecule has 2 fully saturated rings. The third-order valence-corrected chi connectivity index (χ3v) is 7.98. The number of nitrogens with zero attached hydrogens (tertiary/aromatic N) is 1. The molecule has 2 saturated heterocycles. The number of aliphatic hydroxyl groups excluding tert-OH is 2. The Labute approximate surface area is 182 Å². The molecule has 3 aliphatic rings. The molecule has 1 spiro atoms. The predicted molar refractivity (Wildman–Crippen MR) is 111 cm³/mol. The van der Waals surface area contributed by atoms with Gasteiger partial charge in [0.2, 0.25) is 0 Å². The smallest absolute Gasteiger partial charge is 0.358 e. The monoisotopic (exact) mass is 455 g/mol. The summed E-state index contributed by atoms with van der Waals surface area (Å²) in [5, 5.41) is 21.5. The first-order chi connectivity index (χ1) is 14.8. The molecule has 0 amide bonds. The highest BCUT2D eigenvalue weighted by molar-refractivity contribution is 7.58. The second-order valence-corrected chi connectivity index (χ2v) is 9.99. The van der Waals surface area contributed by atoms with Gasteiger partial charge in [-0.15, -0.1) is 0 Å². The Morgan fingerprint density at radius 1 is 1.26 bits per heavy atom. The van der Waals surface area contributed by atoms with Gasteiger partial charge in [-0.05, 0) is 19.4 Å². The van der Waals surface area contributed by atoms with Gasteiger partial charge in [-0.3, -0.25) is 9.46 Å². The lowest BCUT2D eigenvalue weighted by molar-refractivity contribution is -0.444. The topological polar surface area (TPSA) is 107 Å². The summed E-state index contributed by atoms with van der Waals surface area (Å²) < 4.78 is 41.9. The standard InChI is InChI=1S/C21H30NO8P/c1-4-28-31(25,29-5-2)14(3)10-22-11-18(23)19(24)20-17(22)13-27-21(30-20)16-9-7-6-8-15(16)12-26-21/h6-9,17-20,23-24H,3-5,10-13H2,1-2H3/t17-,18+,19-,20-,21+/m1/s1. The third kappa shape index (κ3) is 4.15. The molecule has 10 heteroatoms. The van der Waals surface area contributed by atoms with E-state index >= 15 is 0 Å². The third-order valence-electron chi connectivity index (χ3n) is 5.87. The van der Waals surface area contributed by atoms with Gasteiger partial charge in [-0.1, -0.05) is 30.8 Å². The van der Waals surface area contributed by atoms with Crippen LogP contribution in [0.25, 0.3) is 0 Å². The fraction of sp³-hybridized carbons (Fsp3) is 0.619. The van der Waals surface area contributed by atoms with Crippen molar-refractivity contribution in [2.24, 2.45) is 0 Å². The van der Waals surface area contributed by atoms with Gasteiger partial charge in [0.25, 0.3) is 0 Å². The van der Waals surface area contributed by atoms with E-state index in [1.54, 1.807) is 13.8 Å². The lowest BCUT2D eigenvalue weighted by atomic mass is 9.92. The van der Waals surface area contributed by atoms with Crippen LogP contribution in [0.15, 0.2) is 36.2 Å². The molecule has 0 radical (unpaired) electrons. The summed E-state index contributed by atoms with van der Waals surface area (Å²) in [6.45, 7) is 8.63. The molecule has 1 aromatic rings. The van der Waals surface area contributed by atoms with Crippen LogP contribution in [0.2, 0.25) is 0 Å². The molecule has 172 valence electrons. The van der Waals surface area contributed by atoms with Gasteiger partial charge in [0, 0.05) is 24.0 Å². The van der Waals surface area contributed by atoms with Gasteiger partial charge < -0.3 is 33.5 Å². The zero-order valence-electron chi connectivity index (χ0n) is 17.8. The molecule has 0 aromatic heterocycles. The molecular weight excluding hydrogens is 425 g/mol. The largest absolute Gasteiger partial charge is 0.389 e. The van der Waals surface area contributed by atoms with Gasteiger partial charge in [-0.2, -0.15) is 0 Å². The zero-order chi connectivity index (χ0) is 22.2. The first kappa shape index (κ1) is 23.0. The Morgan fingerprint density at radius 3 is 2.68 bits per heavy atom. The zero-order valence-corrected chi connectivity index (χ0v) is 18.7. The van der Waals surface area contributed by atoms with Crippen LogP contribution in [-0.2, 0) is 40.4 Å². The van der Waals surface area contributed by atoms with E-state index in [1.165, 1.54) is 0 Å². The van der Waals surface area contributed by atoms with E-state index in [1.807, 2.05) is 29.2 Å². The summed E-state index contributed by atoms with van der Waals surface area (Å²) in [7, 11) is -3.52. The first-order valence-electron chi connectivity index (χ1n) is 10.5. The van der Waals surface area contributed by atoms with Crippen LogP contribution in [0, 0.1) is 0 Å². The Bertz CT molecular complexity index is 856. The van der Waals surface area contributed by atoms with E-state index in [0.717, 1.165) is 11.1 Å². The number of piperidine rings is 1. The maximum atomic E-state index is 13.1. The fourth-order valence-electron chi connectivity index (χ4n) is 4.37. The van der Waals surface area contributed by atoms with Gasteiger partial charge in [-0.25, -0.2) is 0 Å². The molecule has 0 bridgehead atoms. The van der Waals surface area contributed by atoms with Crippen LogP contribution in [0.4, 0.5) is 0 Å². The van der Waals surface area contributed by atoms with Crippen LogP contribution in [0.3, 0.4) is 0 Å². The van der Waals surface area contributed by atoms with Crippen LogP contribution in [0.1, 0.15) is 25.0 Å². The fourth-order valence-corrected chi connectivity index (χ4v) is 5.84. The van der Waals surface area contributed by atoms with Crippen molar-refractivity contribution in [3.8, 4) is 0 Å². The highest BCUT2D eigenvalue weighted by Crippen LogP contribution is 2.55. The Morgan fingerprint density at radius 2 is 1.97 bits per heavy atom. The Balaban J connectivity index is 1.55. The molecule has 0 aliphatic carbocycles. The Hall–Kier alpha value is -1.13. The van der Waals surface area contributed by atoms with Crippen LogP contribution in [-0.4, -0.2) is 72.4 Å². The lowest BCUT2D eigenvalue weighted by Gasteiger charge is -2.51. The molecule has 4 rings (SSSR count). The van der Waals surface area contributed by atoms with Gasteiger partial charge in [0.15, 0.2) is 0 Å². The minimum atomic E-state index is -3.52. The van der Waals surface area contributed by atoms with Crippen molar-refractivity contribution in [2.75, 3.05) is 32.9 Å². The molecule has 2 N–H and O–H groups in total. The summed E-state index contributed by atoms with van der Waals surface area (Å²) in [6.07, 6.45) is -2.98. The second kappa shape index (κ2) is 9.02. The minimum Gasteiger partial charge on any atom is -0.389 e. The van der Waals surface area contributed by atoms with Crippen molar-refractivity contribution in [1.82, 2.24) is 4.90 Å².